The van der Waals surface area contributed by atoms with Crippen molar-refractivity contribution in [1.82, 2.24) is 4.90 Å². The van der Waals surface area contributed by atoms with Crippen LogP contribution in [0.5, 0.6) is 0 Å². The van der Waals surface area contributed by atoms with Crippen molar-refractivity contribution in [3.05, 3.63) is 60.2 Å². The first-order chi connectivity index (χ1) is 13.5. The number of piperidine rings is 1. The summed E-state index contributed by atoms with van der Waals surface area (Å²) in [4.78, 5) is 26.3. The fourth-order valence-electron chi connectivity index (χ4n) is 3.66. The van der Waals surface area contributed by atoms with Crippen molar-refractivity contribution in [1.29, 1.82) is 0 Å². The van der Waals surface area contributed by atoms with E-state index in [2.05, 4.69) is 27.7 Å². The predicted octanol–water partition coefficient (Wildman–Crippen LogP) is 3.26. The number of hydrogen-bond acceptors (Lipinski definition) is 5. The molecule has 0 bridgehead atoms. The number of anilines is 2. The normalized spacial score (nSPS) is 16.2. The van der Waals surface area contributed by atoms with Gasteiger partial charge in [-0.05, 0) is 36.6 Å². The van der Waals surface area contributed by atoms with Crippen LogP contribution in [0.15, 0.2) is 54.6 Å². The highest BCUT2D eigenvalue weighted by Gasteiger charge is 2.42. The molecule has 1 heterocycles. The molecule has 2 N–H and O–H groups in total. The molecule has 148 valence electrons. The van der Waals surface area contributed by atoms with Gasteiger partial charge in [-0.2, -0.15) is 0 Å². The summed E-state index contributed by atoms with van der Waals surface area (Å²) in [6.45, 7) is 3.93. The van der Waals surface area contributed by atoms with Crippen molar-refractivity contribution in [3.63, 3.8) is 0 Å². The molecule has 0 radical (unpaired) electrons. The lowest BCUT2D eigenvalue weighted by Gasteiger charge is -2.40. The molecule has 1 aliphatic rings. The molecule has 1 aliphatic heterocycles. The van der Waals surface area contributed by atoms with Gasteiger partial charge in [0, 0.05) is 37.9 Å². The summed E-state index contributed by atoms with van der Waals surface area (Å²) in [7, 11) is 1.43. The quantitative estimate of drug-likeness (QED) is 0.752. The van der Waals surface area contributed by atoms with Crippen LogP contribution in [0.25, 0.3) is 0 Å². The minimum Gasteiger partial charge on any atom is -0.467 e. The van der Waals surface area contributed by atoms with E-state index >= 15 is 0 Å². The Labute approximate surface area is 165 Å². The molecule has 28 heavy (non-hydrogen) atoms. The molecule has 2 aromatic carbocycles. The number of methoxy groups -OCH3 is 1. The first kappa shape index (κ1) is 19.9. The number of carbonyl (C=O) groups is 2. The van der Waals surface area contributed by atoms with Crippen molar-refractivity contribution >= 4 is 23.3 Å². The summed E-state index contributed by atoms with van der Waals surface area (Å²) in [5.74, 6) is -0.383. The van der Waals surface area contributed by atoms with E-state index in [-0.39, 0.29) is 11.9 Å². The molecule has 0 atom stereocenters. The summed E-state index contributed by atoms with van der Waals surface area (Å²) in [5.41, 5.74) is 1.98. The number of rotatable bonds is 6. The van der Waals surface area contributed by atoms with Gasteiger partial charge in [0.05, 0.1) is 7.11 Å². The smallest absolute Gasteiger partial charge is 0.331 e. The fourth-order valence-corrected chi connectivity index (χ4v) is 3.66. The van der Waals surface area contributed by atoms with Gasteiger partial charge in [-0.15, -0.1) is 0 Å². The summed E-state index contributed by atoms with van der Waals surface area (Å²) in [6, 6.07) is 17.7. The van der Waals surface area contributed by atoms with E-state index in [9.17, 15) is 9.59 Å². The summed E-state index contributed by atoms with van der Waals surface area (Å²) in [5, 5.41) is 6.16. The van der Waals surface area contributed by atoms with E-state index in [1.165, 1.54) is 19.6 Å². The maximum absolute atomic E-state index is 12.6. The Morgan fingerprint density at radius 1 is 1.04 bits per heavy atom. The van der Waals surface area contributed by atoms with Gasteiger partial charge in [-0.25, -0.2) is 4.79 Å². The number of benzene rings is 2. The van der Waals surface area contributed by atoms with E-state index in [4.69, 9.17) is 4.74 Å². The van der Waals surface area contributed by atoms with Crippen molar-refractivity contribution in [2.45, 2.75) is 31.8 Å². The van der Waals surface area contributed by atoms with Gasteiger partial charge in [0.2, 0.25) is 5.91 Å². The minimum atomic E-state index is -0.767. The third kappa shape index (κ3) is 4.89. The highest BCUT2D eigenvalue weighted by molar-refractivity contribution is 5.90. The van der Waals surface area contributed by atoms with Crippen LogP contribution in [0.3, 0.4) is 0 Å². The zero-order valence-electron chi connectivity index (χ0n) is 16.4. The second-order valence-corrected chi connectivity index (χ2v) is 7.22. The summed E-state index contributed by atoms with van der Waals surface area (Å²) in [6.07, 6.45) is 1.30. The Hall–Kier alpha value is -2.86. The van der Waals surface area contributed by atoms with Gasteiger partial charge in [0.25, 0.3) is 0 Å². The van der Waals surface area contributed by atoms with E-state index in [1.54, 1.807) is 0 Å². The van der Waals surface area contributed by atoms with Crippen LogP contribution >= 0.6 is 0 Å². The molecule has 0 unspecified atom stereocenters. The van der Waals surface area contributed by atoms with Gasteiger partial charge in [0.15, 0.2) is 0 Å². The molecule has 1 amide bonds. The average molecular weight is 381 g/mol. The molecule has 3 rings (SSSR count). The second kappa shape index (κ2) is 8.89. The molecule has 0 aromatic heterocycles. The maximum Gasteiger partial charge on any atom is 0.331 e. The van der Waals surface area contributed by atoms with Crippen molar-refractivity contribution < 1.29 is 14.3 Å². The Kier molecular flexibility index (Phi) is 6.31. The van der Waals surface area contributed by atoms with Crippen LogP contribution in [0, 0.1) is 0 Å². The molecule has 2 aromatic rings. The van der Waals surface area contributed by atoms with Gasteiger partial charge >= 0.3 is 5.97 Å². The Morgan fingerprint density at radius 2 is 1.71 bits per heavy atom. The van der Waals surface area contributed by atoms with Crippen LogP contribution in [0.2, 0.25) is 0 Å². The molecular formula is C22H27N3O3. The van der Waals surface area contributed by atoms with Crippen molar-refractivity contribution in [2.75, 3.05) is 30.8 Å². The largest absolute Gasteiger partial charge is 0.467 e. The van der Waals surface area contributed by atoms with Gasteiger partial charge in [-0.1, -0.05) is 36.4 Å². The summed E-state index contributed by atoms with van der Waals surface area (Å²) >= 11 is 0. The van der Waals surface area contributed by atoms with Crippen molar-refractivity contribution in [2.24, 2.45) is 0 Å². The Bertz CT molecular complexity index is 815. The zero-order valence-corrected chi connectivity index (χ0v) is 16.4. The summed E-state index contributed by atoms with van der Waals surface area (Å²) < 4.78 is 5.12. The minimum absolute atomic E-state index is 0.131. The van der Waals surface area contributed by atoms with Gasteiger partial charge in [0.1, 0.15) is 5.54 Å². The zero-order chi connectivity index (χ0) is 20.0. The topological polar surface area (TPSA) is 70.7 Å². The van der Waals surface area contributed by atoms with Crippen LogP contribution < -0.4 is 10.6 Å². The van der Waals surface area contributed by atoms with E-state index in [0.29, 0.717) is 18.5 Å². The van der Waals surface area contributed by atoms with Gasteiger partial charge < -0.3 is 15.4 Å². The fraction of sp³-hybridized carbons (Fsp3) is 0.364. The Balaban J connectivity index is 1.70. The molecule has 0 aliphatic carbocycles. The average Bonchev–Trinajstić information content (AvgIpc) is 2.69. The number of nitrogens with one attached hydrogen (secondary N) is 2. The predicted molar refractivity (Wildman–Crippen MR) is 110 cm³/mol. The number of esters is 1. The molecule has 0 saturated carbocycles. The van der Waals surface area contributed by atoms with E-state index in [1.807, 2.05) is 42.5 Å². The first-order valence-electron chi connectivity index (χ1n) is 9.51. The number of nitrogens with zero attached hydrogens (tertiary/aromatic N) is 1. The standard InChI is InChI=1S/C22H27N3O3/c1-17(26)23-19-9-6-10-20(15-19)24-22(21(27)28-2)11-13-25(14-12-22)16-18-7-4-3-5-8-18/h3-10,15,24H,11-14,16H2,1-2H3,(H,23,26). The lowest BCUT2D eigenvalue weighted by atomic mass is 9.86. The second-order valence-electron chi connectivity index (χ2n) is 7.22. The first-order valence-corrected chi connectivity index (χ1v) is 9.51. The number of amides is 1. The van der Waals surface area contributed by atoms with Gasteiger partial charge in [-0.3, -0.25) is 9.69 Å². The van der Waals surface area contributed by atoms with Crippen LogP contribution in [0.4, 0.5) is 11.4 Å². The molecule has 6 heteroatoms. The van der Waals surface area contributed by atoms with Crippen LogP contribution in [0.1, 0.15) is 25.3 Å². The highest BCUT2D eigenvalue weighted by Crippen LogP contribution is 2.30. The van der Waals surface area contributed by atoms with Crippen LogP contribution in [-0.2, 0) is 20.9 Å². The molecule has 1 saturated heterocycles. The molecule has 0 spiro atoms. The number of carbonyl (C=O) groups excluding carboxylic acids is 2. The molecule has 1 fully saturated rings. The number of ether oxygens (including phenoxy) is 1. The molecular weight excluding hydrogens is 354 g/mol. The lowest BCUT2D eigenvalue weighted by Crippen LogP contribution is -2.54. The monoisotopic (exact) mass is 381 g/mol. The van der Waals surface area contributed by atoms with E-state index in [0.717, 1.165) is 25.3 Å². The van der Waals surface area contributed by atoms with E-state index < -0.39 is 5.54 Å². The maximum atomic E-state index is 12.6. The van der Waals surface area contributed by atoms with Crippen molar-refractivity contribution in [3.8, 4) is 0 Å². The number of likely N-dealkylation sites (tertiary alicyclic amines) is 1. The third-order valence-electron chi connectivity index (χ3n) is 5.10. The number of hydrogen-bond donors (Lipinski definition) is 2. The van der Waals surface area contributed by atoms with Crippen LogP contribution in [-0.4, -0.2) is 42.5 Å². The highest BCUT2D eigenvalue weighted by atomic mass is 16.5. The lowest BCUT2D eigenvalue weighted by molar-refractivity contribution is -0.147. The SMILES string of the molecule is COC(=O)C1(Nc2cccc(NC(C)=O)c2)CCN(Cc2ccccc2)CC1. The Morgan fingerprint density at radius 3 is 2.36 bits per heavy atom. The third-order valence-corrected chi connectivity index (χ3v) is 5.10. The molecule has 6 nitrogen and oxygen atoms in total.